The summed E-state index contributed by atoms with van der Waals surface area (Å²) in [6.07, 6.45) is 16.2. The molecule has 194 valence electrons. The molecule has 0 N–H and O–H groups in total. The highest BCUT2D eigenvalue weighted by molar-refractivity contribution is 5.77. The van der Waals surface area contributed by atoms with Crippen molar-refractivity contribution >= 4 is 12.0 Å². The molecule has 5 rings (SSSR count). The molecular formula is C29H45N3O3. The summed E-state index contributed by atoms with van der Waals surface area (Å²) in [5.74, 6) is 0.343. The molecule has 1 spiro atoms. The van der Waals surface area contributed by atoms with Gasteiger partial charge in [-0.2, -0.15) is 0 Å². The van der Waals surface area contributed by atoms with Gasteiger partial charge >= 0.3 is 6.09 Å². The monoisotopic (exact) mass is 483 g/mol. The number of unbranched alkanes of at least 4 members (excludes halogenated alkanes) is 1. The molecule has 6 heteroatoms. The number of carbonyl (C=O) groups is 2. The third-order valence-corrected chi connectivity index (χ3v) is 9.78. The van der Waals surface area contributed by atoms with Crippen molar-refractivity contribution in [3.8, 4) is 0 Å². The quantitative estimate of drug-likeness (QED) is 0.533. The van der Waals surface area contributed by atoms with E-state index in [1.165, 1.54) is 12.0 Å². The highest BCUT2D eigenvalue weighted by atomic mass is 16.6. The summed E-state index contributed by atoms with van der Waals surface area (Å²) in [4.78, 5) is 32.7. The Morgan fingerprint density at radius 3 is 2.66 bits per heavy atom. The maximum Gasteiger partial charge on any atom is 0.410 e. The van der Waals surface area contributed by atoms with Gasteiger partial charge in [-0.3, -0.25) is 9.69 Å². The van der Waals surface area contributed by atoms with Crippen molar-refractivity contribution in [2.75, 3.05) is 32.8 Å². The van der Waals surface area contributed by atoms with Gasteiger partial charge in [0.2, 0.25) is 5.91 Å². The topological polar surface area (TPSA) is 53.1 Å². The van der Waals surface area contributed by atoms with Crippen LogP contribution >= 0.6 is 0 Å². The number of ether oxygens (including phenoxy) is 1. The number of carbonyl (C=O) groups excluding carboxylic acids is 2. The second-order valence-electron chi connectivity index (χ2n) is 12.0. The molecule has 35 heavy (non-hydrogen) atoms. The molecule has 3 fully saturated rings. The molecule has 0 aromatic carbocycles. The predicted octanol–water partition coefficient (Wildman–Crippen LogP) is 5.29. The Bertz CT molecular complexity index is 888. The zero-order valence-corrected chi connectivity index (χ0v) is 22.2. The van der Waals surface area contributed by atoms with Crippen molar-refractivity contribution in [1.82, 2.24) is 14.7 Å². The average molecular weight is 484 g/mol. The Balaban J connectivity index is 1.28. The molecule has 6 nitrogen and oxygen atoms in total. The lowest BCUT2D eigenvalue weighted by Gasteiger charge is -2.53. The van der Waals surface area contributed by atoms with E-state index < -0.39 is 0 Å². The van der Waals surface area contributed by atoms with E-state index in [-0.39, 0.29) is 17.0 Å². The maximum absolute atomic E-state index is 13.0. The number of likely N-dealkylation sites (tertiary alicyclic amines) is 1. The van der Waals surface area contributed by atoms with Crippen LogP contribution in [0.15, 0.2) is 23.3 Å². The Morgan fingerprint density at radius 1 is 1.14 bits per heavy atom. The smallest absolute Gasteiger partial charge is 0.410 e. The van der Waals surface area contributed by atoms with E-state index in [1.54, 1.807) is 5.57 Å². The van der Waals surface area contributed by atoms with Gasteiger partial charge in [-0.25, -0.2) is 4.79 Å². The van der Waals surface area contributed by atoms with E-state index >= 15 is 0 Å². The summed E-state index contributed by atoms with van der Waals surface area (Å²) in [7, 11) is 0. The van der Waals surface area contributed by atoms with Crippen LogP contribution in [0.5, 0.6) is 0 Å². The lowest BCUT2D eigenvalue weighted by molar-refractivity contribution is -0.133. The van der Waals surface area contributed by atoms with Gasteiger partial charge in [-0.15, -0.1) is 0 Å². The van der Waals surface area contributed by atoms with Gasteiger partial charge in [0.25, 0.3) is 0 Å². The first-order valence-corrected chi connectivity index (χ1v) is 14.3. The molecule has 1 aliphatic carbocycles. The van der Waals surface area contributed by atoms with E-state index in [0.717, 1.165) is 84.0 Å². The standard InChI is InChI=1S/C29H45N3O3/c1-4-6-11-26(33)31-20-22-9-7-8-10-25(22)29(21-31)14-16-30(17-15-29)24-18-23-12-13-28(3,19-24)32(23)27(34)35-5-2/h7,9,23-24H,4-6,8,10-21H2,1-3H3/t23?,24?,28-/m1/s1. The highest BCUT2D eigenvalue weighted by Crippen LogP contribution is 2.50. The number of amides is 2. The normalized spacial score (nSPS) is 32.2. The minimum absolute atomic E-state index is 0.0772. The molecule has 3 atom stereocenters. The van der Waals surface area contributed by atoms with Gasteiger partial charge < -0.3 is 14.5 Å². The first kappa shape index (κ1) is 24.9. The van der Waals surface area contributed by atoms with Crippen LogP contribution in [0.4, 0.5) is 4.79 Å². The molecule has 2 bridgehead atoms. The highest BCUT2D eigenvalue weighted by Gasteiger charge is 2.53. The maximum atomic E-state index is 13.0. The molecule has 2 amide bonds. The van der Waals surface area contributed by atoms with E-state index in [1.807, 2.05) is 6.92 Å². The van der Waals surface area contributed by atoms with Gasteiger partial charge in [0.15, 0.2) is 0 Å². The summed E-state index contributed by atoms with van der Waals surface area (Å²) in [5.41, 5.74) is 3.16. The van der Waals surface area contributed by atoms with Gasteiger partial charge in [-0.1, -0.05) is 31.1 Å². The SMILES string of the molecule is CCCCC(=O)N1CC2=C(CCC=C2)C2(CCN(C3CC4CC[C@](C)(C3)N4C(=O)OCC)CC2)C1. The van der Waals surface area contributed by atoms with Crippen LogP contribution in [0.3, 0.4) is 0 Å². The Kier molecular flexibility index (Phi) is 7.04. The second-order valence-corrected chi connectivity index (χ2v) is 12.0. The minimum atomic E-state index is -0.117. The first-order chi connectivity index (χ1) is 16.9. The third-order valence-electron chi connectivity index (χ3n) is 9.78. The van der Waals surface area contributed by atoms with Crippen LogP contribution in [0.1, 0.15) is 91.4 Å². The molecular weight excluding hydrogens is 438 g/mol. The van der Waals surface area contributed by atoms with Crippen LogP contribution in [-0.4, -0.2) is 77.1 Å². The largest absolute Gasteiger partial charge is 0.450 e. The van der Waals surface area contributed by atoms with Gasteiger partial charge in [-0.05, 0) is 90.3 Å². The predicted molar refractivity (Wildman–Crippen MR) is 138 cm³/mol. The lowest BCUT2D eigenvalue weighted by atomic mass is 9.65. The fourth-order valence-electron chi connectivity index (χ4n) is 7.97. The average Bonchev–Trinajstić information content (AvgIpc) is 3.07. The van der Waals surface area contributed by atoms with Crippen molar-refractivity contribution in [3.05, 3.63) is 23.3 Å². The zero-order valence-electron chi connectivity index (χ0n) is 22.2. The molecule has 0 aromatic rings. The van der Waals surface area contributed by atoms with Crippen LogP contribution in [0.25, 0.3) is 0 Å². The van der Waals surface area contributed by atoms with Crippen LogP contribution < -0.4 is 0 Å². The van der Waals surface area contributed by atoms with E-state index in [4.69, 9.17) is 4.74 Å². The van der Waals surface area contributed by atoms with Crippen molar-refractivity contribution in [2.24, 2.45) is 5.41 Å². The Morgan fingerprint density at radius 2 is 1.94 bits per heavy atom. The minimum Gasteiger partial charge on any atom is -0.450 e. The summed E-state index contributed by atoms with van der Waals surface area (Å²) in [6.45, 7) is 10.7. The fourth-order valence-corrected chi connectivity index (χ4v) is 7.97. The third kappa shape index (κ3) is 4.56. The number of rotatable bonds is 5. The molecule has 2 unspecified atom stereocenters. The molecule has 5 aliphatic rings. The molecule has 0 saturated carbocycles. The van der Waals surface area contributed by atoms with Crippen LogP contribution in [0, 0.1) is 5.41 Å². The summed E-state index contributed by atoms with van der Waals surface area (Å²) in [5, 5.41) is 0. The number of hydrogen-bond acceptors (Lipinski definition) is 4. The van der Waals surface area contributed by atoms with Crippen LogP contribution in [0.2, 0.25) is 0 Å². The summed E-state index contributed by atoms with van der Waals surface area (Å²) < 4.78 is 5.42. The van der Waals surface area contributed by atoms with E-state index in [0.29, 0.717) is 31.0 Å². The summed E-state index contributed by atoms with van der Waals surface area (Å²) >= 11 is 0. The zero-order chi connectivity index (χ0) is 24.6. The van der Waals surface area contributed by atoms with Crippen molar-refractivity contribution < 1.29 is 14.3 Å². The van der Waals surface area contributed by atoms with Gasteiger partial charge in [0.05, 0.1) is 6.61 Å². The first-order valence-electron chi connectivity index (χ1n) is 14.3. The molecule has 4 heterocycles. The molecule has 3 saturated heterocycles. The van der Waals surface area contributed by atoms with E-state index in [9.17, 15) is 9.59 Å². The van der Waals surface area contributed by atoms with Gasteiger partial charge in [0.1, 0.15) is 0 Å². The van der Waals surface area contributed by atoms with Crippen molar-refractivity contribution in [2.45, 2.75) is 109 Å². The molecule has 4 aliphatic heterocycles. The number of nitrogens with zero attached hydrogens (tertiary/aromatic N) is 3. The van der Waals surface area contributed by atoms with Crippen LogP contribution in [-0.2, 0) is 9.53 Å². The lowest BCUT2D eigenvalue weighted by Crippen LogP contribution is -2.60. The second kappa shape index (κ2) is 9.91. The molecule has 0 aromatic heterocycles. The number of hydrogen-bond donors (Lipinski definition) is 0. The number of piperidine rings is 2. The Hall–Kier alpha value is -1.82. The fraction of sp³-hybridized carbons (Fsp3) is 0.793. The van der Waals surface area contributed by atoms with E-state index in [2.05, 4.69) is 40.7 Å². The number of fused-ring (bicyclic) bond motifs is 3. The summed E-state index contributed by atoms with van der Waals surface area (Å²) in [6, 6.07) is 0.856. The molecule has 0 radical (unpaired) electrons. The van der Waals surface area contributed by atoms with Crippen molar-refractivity contribution in [1.29, 1.82) is 0 Å². The van der Waals surface area contributed by atoms with Crippen molar-refractivity contribution in [3.63, 3.8) is 0 Å². The Labute approximate surface area is 211 Å². The number of allylic oxidation sites excluding steroid dienone is 1. The van der Waals surface area contributed by atoms with Gasteiger partial charge in [0, 0.05) is 42.5 Å².